The maximum Gasteiger partial charge on any atom is 0.420 e. The molecule has 0 aliphatic carbocycles. The summed E-state index contributed by atoms with van der Waals surface area (Å²) in [5, 5.41) is 2.26. The third-order valence-corrected chi connectivity index (χ3v) is 4.03. The lowest BCUT2D eigenvalue weighted by Crippen LogP contribution is -2.43. The van der Waals surface area contributed by atoms with E-state index in [0.717, 1.165) is 11.1 Å². The fraction of sp³-hybridized carbons (Fsp3) is 0.353. The minimum atomic E-state index is -0.735. The minimum Gasteiger partial charge on any atom is -0.501 e. The Morgan fingerprint density at radius 1 is 1.38 bits per heavy atom. The van der Waals surface area contributed by atoms with Crippen molar-refractivity contribution < 1.29 is 18.7 Å². The van der Waals surface area contributed by atoms with E-state index < -0.39 is 17.7 Å². The van der Waals surface area contributed by atoms with E-state index in [0.29, 0.717) is 17.7 Å². The van der Waals surface area contributed by atoms with Crippen LogP contribution in [0, 0.1) is 6.92 Å². The van der Waals surface area contributed by atoms with Gasteiger partial charge in [0.1, 0.15) is 6.04 Å². The third kappa shape index (κ3) is 2.84. The Morgan fingerprint density at radius 3 is 2.88 bits per heavy atom. The fourth-order valence-corrected chi connectivity index (χ4v) is 2.82. The van der Waals surface area contributed by atoms with E-state index in [-0.39, 0.29) is 18.7 Å². The minimum absolute atomic E-state index is 0.198. The zero-order valence-electron chi connectivity index (χ0n) is 13.5. The molecule has 1 saturated heterocycles. The summed E-state index contributed by atoms with van der Waals surface area (Å²) in [6.45, 7) is 4.36. The van der Waals surface area contributed by atoms with Gasteiger partial charge in [0, 0.05) is 6.42 Å². The highest BCUT2D eigenvalue weighted by Crippen LogP contribution is 2.26. The summed E-state index contributed by atoms with van der Waals surface area (Å²) in [6, 6.07) is 2.81. The van der Waals surface area contributed by atoms with Gasteiger partial charge < -0.3 is 9.15 Å². The molecule has 7 nitrogen and oxygen atoms in total. The average molecular weight is 330 g/mol. The number of fused-ring (bicyclic) bond motifs is 1. The number of aryl methyl sites for hydroxylation is 1. The molecule has 1 N–H and O–H groups in total. The van der Waals surface area contributed by atoms with Crippen molar-refractivity contribution in [3.05, 3.63) is 40.1 Å². The van der Waals surface area contributed by atoms with Crippen molar-refractivity contribution in [2.75, 3.05) is 6.61 Å². The zero-order valence-corrected chi connectivity index (χ0v) is 13.5. The number of hydrogen-bond acceptors (Lipinski definition) is 5. The van der Waals surface area contributed by atoms with Gasteiger partial charge in [-0.25, -0.2) is 4.79 Å². The van der Waals surface area contributed by atoms with Crippen LogP contribution in [0.2, 0.25) is 0 Å². The second-order valence-corrected chi connectivity index (χ2v) is 5.64. The number of amides is 2. The molecular weight excluding hydrogens is 312 g/mol. The van der Waals surface area contributed by atoms with Gasteiger partial charge in [0.2, 0.25) is 11.8 Å². The largest absolute Gasteiger partial charge is 0.501 e. The number of piperidine rings is 1. The molecule has 0 saturated carbocycles. The molecule has 2 heterocycles. The number of aromatic nitrogens is 1. The Kier molecular flexibility index (Phi) is 4.24. The van der Waals surface area contributed by atoms with Crippen LogP contribution in [0.5, 0.6) is 0 Å². The molecule has 7 heteroatoms. The van der Waals surface area contributed by atoms with Gasteiger partial charge in [0.25, 0.3) is 0 Å². The Labute approximate surface area is 137 Å². The number of ether oxygens (including phenoxy) is 1. The number of imide groups is 1. The smallest absolute Gasteiger partial charge is 0.420 e. The fourth-order valence-electron chi connectivity index (χ4n) is 2.82. The third-order valence-electron chi connectivity index (χ3n) is 4.03. The summed E-state index contributed by atoms with van der Waals surface area (Å²) in [6.07, 6.45) is 3.86. The van der Waals surface area contributed by atoms with Gasteiger partial charge in [-0.15, -0.1) is 0 Å². The quantitative estimate of drug-likeness (QED) is 0.683. The Morgan fingerprint density at radius 2 is 2.17 bits per heavy atom. The van der Waals surface area contributed by atoms with Gasteiger partial charge >= 0.3 is 5.76 Å². The van der Waals surface area contributed by atoms with Gasteiger partial charge in [-0.1, -0.05) is 0 Å². The number of nitrogens with zero attached hydrogens (tertiary/aromatic N) is 1. The molecule has 1 aromatic carbocycles. The van der Waals surface area contributed by atoms with Crippen molar-refractivity contribution in [3.63, 3.8) is 0 Å². The van der Waals surface area contributed by atoms with E-state index in [4.69, 9.17) is 9.15 Å². The van der Waals surface area contributed by atoms with Crippen molar-refractivity contribution in [2.24, 2.45) is 0 Å². The van der Waals surface area contributed by atoms with Crippen LogP contribution < -0.4 is 11.1 Å². The van der Waals surface area contributed by atoms with Gasteiger partial charge in [-0.2, -0.15) is 0 Å². The van der Waals surface area contributed by atoms with E-state index in [2.05, 4.69) is 5.32 Å². The van der Waals surface area contributed by atoms with Crippen LogP contribution in [0.4, 0.5) is 0 Å². The van der Waals surface area contributed by atoms with E-state index >= 15 is 0 Å². The molecule has 1 atom stereocenters. The summed E-state index contributed by atoms with van der Waals surface area (Å²) in [5.41, 5.74) is 2.72. The van der Waals surface area contributed by atoms with Gasteiger partial charge in [-0.3, -0.25) is 19.5 Å². The first-order valence-corrected chi connectivity index (χ1v) is 7.78. The normalized spacial score (nSPS) is 18.3. The van der Waals surface area contributed by atoms with E-state index in [1.165, 1.54) is 4.57 Å². The van der Waals surface area contributed by atoms with Gasteiger partial charge in [0.05, 0.1) is 18.4 Å². The van der Waals surface area contributed by atoms with Crippen molar-refractivity contribution in [3.8, 4) is 0 Å². The van der Waals surface area contributed by atoms with Crippen molar-refractivity contribution in [1.29, 1.82) is 0 Å². The van der Waals surface area contributed by atoms with Crippen molar-refractivity contribution in [1.82, 2.24) is 9.88 Å². The Hall–Kier alpha value is -2.83. The molecule has 1 unspecified atom stereocenters. The highest BCUT2D eigenvalue weighted by molar-refractivity contribution is 6.00. The lowest BCUT2D eigenvalue weighted by atomic mass is 10.0. The Balaban J connectivity index is 2.06. The first-order valence-electron chi connectivity index (χ1n) is 7.78. The number of benzene rings is 1. The van der Waals surface area contributed by atoms with Crippen LogP contribution in [-0.4, -0.2) is 23.0 Å². The van der Waals surface area contributed by atoms with Gasteiger partial charge in [-0.05, 0) is 49.6 Å². The summed E-state index contributed by atoms with van der Waals surface area (Å²) in [4.78, 5) is 35.6. The molecule has 24 heavy (non-hydrogen) atoms. The molecule has 1 aliphatic heterocycles. The number of oxazole rings is 1. The number of rotatable bonds is 4. The summed E-state index contributed by atoms with van der Waals surface area (Å²) in [7, 11) is 0. The molecule has 2 aromatic rings. The number of carbonyl (C=O) groups excluding carboxylic acids is 2. The molecule has 3 rings (SSSR count). The number of carbonyl (C=O) groups is 2. The maximum atomic E-state index is 12.2. The zero-order chi connectivity index (χ0) is 17.3. The first kappa shape index (κ1) is 16.0. The molecule has 0 spiro atoms. The predicted molar refractivity (Wildman–Crippen MR) is 87.3 cm³/mol. The monoisotopic (exact) mass is 330 g/mol. The first-order chi connectivity index (χ1) is 11.5. The van der Waals surface area contributed by atoms with E-state index in [9.17, 15) is 14.4 Å². The molecule has 0 bridgehead atoms. The molecule has 1 aromatic heterocycles. The maximum absolute atomic E-state index is 12.2. The predicted octanol–water partition coefficient (Wildman–Crippen LogP) is 1.89. The lowest BCUT2D eigenvalue weighted by Gasteiger charge is -2.21. The molecule has 1 fully saturated rings. The van der Waals surface area contributed by atoms with Crippen molar-refractivity contribution >= 4 is 29.0 Å². The van der Waals surface area contributed by atoms with Crippen molar-refractivity contribution in [2.45, 2.75) is 32.7 Å². The summed E-state index contributed by atoms with van der Waals surface area (Å²) >= 11 is 0. The summed E-state index contributed by atoms with van der Waals surface area (Å²) in [5.74, 6) is -1.41. The highest BCUT2D eigenvalue weighted by atomic mass is 16.5. The summed E-state index contributed by atoms with van der Waals surface area (Å²) < 4.78 is 11.8. The van der Waals surface area contributed by atoms with Gasteiger partial charge in [0.15, 0.2) is 5.58 Å². The highest BCUT2D eigenvalue weighted by Gasteiger charge is 2.31. The second-order valence-electron chi connectivity index (χ2n) is 5.64. The van der Waals surface area contributed by atoms with Crippen LogP contribution in [0.3, 0.4) is 0 Å². The molecule has 0 radical (unpaired) electrons. The standard InChI is InChI=1S/C17H18N2O5/c1-3-23-7-6-11-9-14-13(8-10(11)2)19(17(22)24-14)12-4-5-15(20)18-16(12)21/h6-9,12H,3-5H2,1-2H3,(H,18,20,21). The van der Waals surface area contributed by atoms with Crippen LogP contribution in [0.15, 0.2) is 27.6 Å². The molecule has 1 aliphatic rings. The number of nitrogens with one attached hydrogen (secondary N) is 1. The lowest BCUT2D eigenvalue weighted by molar-refractivity contribution is -0.135. The Bertz CT molecular complexity index is 890. The second kappa shape index (κ2) is 6.35. The molecule has 126 valence electrons. The SMILES string of the molecule is CCOC=Cc1cc2oc(=O)n(C3CCC(=O)NC3=O)c2cc1C. The molecule has 2 amide bonds. The van der Waals surface area contributed by atoms with Crippen LogP contribution >= 0.6 is 0 Å². The molecular formula is C17H18N2O5. The van der Waals surface area contributed by atoms with E-state index in [1.807, 2.05) is 13.8 Å². The van der Waals surface area contributed by atoms with Crippen LogP contribution in [-0.2, 0) is 14.3 Å². The van der Waals surface area contributed by atoms with E-state index in [1.54, 1.807) is 24.5 Å². The average Bonchev–Trinajstić information content (AvgIpc) is 2.83. The van der Waals surface area contributed by atoms with Crippen LogP contribution in [0.1, 0.15) is 36.9 Å². The number of hydrogen-bond donors (Lipinski definition) is 1. The van der Waals surface area contributed by atoms with Crippen LogP contribution in [0.25, 0.3) is 17.2 Å². The topological polar surface area (TPSA) is 90.5 Å².